The number of isothiocyanates is 1. The number of carbonyl (C=O) groups is 3. The number of rotatable bonds is 6. The first-order chi connectivity index (χ1) is 38.8. The lowest BCUT2D eigenvalue weighted by Crippen LogP contribution is -2.30. The number of carbonyl (C=O) groups excluding carboxylic acids is 3. The van der Waals surface area contributed by atoms with Crippen LogP contribution in [0.25, 0.3) is 31.0 Å². The summed E-state index contributed by atoms with van der Waals surface area (Å²) in [6.07, 6.45) is 8.95. The lowest BCUT2D eigenvalue weighted by molar-refractivity contribution is 0.0974. The van der Waals surface area contributed by atoms with Gasteiger partial charge in [-0.3, -0.25) is 24.7 Å². The summed E-state index contributed by atoms with van der Waals surface area (Å²) in [7, 11) is 0. The average molecular weight is 1740 g/mol. The van der Waals surface area contributed by atoms with E-state index in [1.165, 1.54) is 34.0 Å². The molecule has 11 rings (SSSR count). The minimum absolute atomic E-state index is 0.168. The minimum Gasteiger partial charge on any atom is -0.383 e. The highest BCUT2D eigenvalue weighted by atomic mass is 127. The summed E-state index contributed by atoms with van der Waals surface area (Å²) in [6, 6.07) is 36.5. The van der Waals surface area contributed by atoms with Crippen LogP contribution < -0.4 is 22.1 Å². The Morgan fingerprint density at radius 3 is 1.54 bits per heavy atom. The van der Waals surface area contributed by atoms with Gasteiger partial charge in [0.2, 0.25) is 0 Å². The van der Waals surface area contributed by atoms with Crippen LogP contribution in [-0.4, -0.2) is 67.7 Å². The molecule has 16 nitrogen and oxygen atoms in total. The second kappa shape index (κ2) is 33.6. The van der Waals surface area contributed by atoms with E-state index in [0.717, 1.165) is 54.9 Å². The van der Waals surface area contributed by atoms with Crippen LogP contribution in [0.4, 0.5) is 16.1 Å². The first kappa shape index (κ1) is 65.5. The van der Waals surface area contributed by atoms with Crippen LogP contribution in [-0.2, 0) is 6.42 Å². The molecule has 0 spiro atoms. The smallest absolute Gasteiger partial charge is 0.285 e. The Morgan fingerprint density at radius 2 is 1.02 bits per heavy atom. The number of nitrogens with zero attached hydrogens (tertiary/aromatic N) is 9. The van der Waals surface area contributed by atoms with Crippen molar-refractivity contribution in [2.24, 2.45) is 4.99 Å². The fourth-order valence-electron chi connectivity index (χ4n) is 5.86. The summed E-state index contributed by atoms with van der Waals surface area (Å²) in [4.78, 5) is 71.5. The van der Waals surface area contributed by atoms with Gasteiger partial charge < -0.3 is 16.8 Å². The summed E-state index contributed by atoms with van der Waals surface area (Å²) in [5.74, 6) is -0.124. The van der Waals surface area contributed by atoms with Crippen molar-refractivity contribution in [2.45, 2.75) is 6.42 Å². The third-order valence-corrected chi connectivity index (χ3v) is 16.5. The predicted molar refractivity (Wildman–Crippen MR) is 369 cm³/mol. The highest BCUT2D eigenvalue weighted by molar-refractivity contribution is 14.1. The second-order valence-electron chi connectivity index (χ2n) is 15.2. The molecule has 0 unspecified atom stereocenters. The van der Waals surface area contributed by atoms with E-state index in [-0.39, 0.29) is 17.7 Å². The number of thiazole rings is 3. The van der Waals surface area contributed by atoms with Gasteiger partial charge in [-0.25, -0.2) is 29.9 Å². The van der Waals surface area contributed by atoms with E-state index in [0.29, 0.717) is 59.9 Å². The number of benzene rings is 3. The number of nitrogens with one attached hydrogen (secondary N) is 2. The molecule has 6 N–H and O–H groups in total. The summed E-state index contributed by atoms with van der Waals surface area (Å²) < 4.78 is 10.1. The van der Waals surface area contributed by atoms with E-state index in [2.05, 4.69) is 193 Å². The number of thiocarbonyl (C=S) groups is 2. The molecule has 3 aromatic carbocycles. The first-order valence-corrected chi connectivity index (χ1v) is 32.1. The molecular formula is C52H33Br5ClI2N13O3S5. The number of halogens is 8. The van der Waals surface area contributed by atoms with Crippen LogP contribution in [0, 0.1) is 7.14 Å². The molecule has 29 heteroatoms. The van der Waals surface area contributed by atoms with Crippen LogP contribution in [0.1, 0.15) is 36.8 Å². The molecular weight excluding hydrogens is 1700 g/mol. The summed E-state index contributed by atoms with van der Waals surface area (Å²) in [5, 5.41) is 8.64. The Morgan fingerprint density at radius 1 is 0.580 bits per heavy atom. The van der Waals surface area contributed by atoms with E-state index in [1.807, 2.05) is 78.0 Å². The van der Waals surface area contributed by atoms with Crippen molar-refractivity contribution in [2.75, 3.05) is 16.8 Å². The van der Waals surface area contributed by atoms with Crippen LogP contribution in [0.3, 0.4) is 0 Å². The van der Waals surface area contributed by atoms with E-state index in [1.54, 1.807) is 79.5 Å². The average Bonchev–Trinajstić information content (AvgIpc) is 4.15. The minimum atomic E-state index is -0.347. The Labute approximate surface area is 559 Å². The zero-order chi connectivity index (χ0) is 58.4. The van der Waals surface area contributed by atoms with Crippen molar-refractivity contribution in [3.8, 4) is 0 Å². The Bertz CT molecular complexity index is 3950. The van der Waals surface area contributed by atoms with Crippen molar-refractivity contribution in [3.05, 3.63) is 209 Å². The van der Waals surface area contributed by atoms with Crippen LogP contribution in [0.15, 0.2) is 180 Å². The quantitative estimate of drug-likeness (QED) is 0.0687. The molecule has 0 aliphatic carbocycles. The van der Waals surface area contributed by atoms with Crippen molar-refractivity contribution in [1.82, 2.24) is 45.2 Å². The van der Waals surface area contributed by atoms with Gasteiger partial charge >= 0.3 is 0 Å². The molecule has 0 bridgehead atoms. The number of fused-ring (bicyclic) bond motifs is 3. The van der Waals surface area contributed by atoms with Gasteiger partial charge in [0.1, 0.15) is 5.82 Å². The molecule has 0 atom stereocenters. The molecule has 81 heavy (non-hydrogen) atoms. The predicted octanol–water partition coefficient (Wildman–Crippen LogP) is 16.6. The Kier molecular flexibility index (Phi) is 27.1. The van der Waals surface area contributed by atoms with E-state index in [4.69, 9.17) is 35.3 Å². The number of amides is 3. The lowest BCUT2D eigenvalue weighted by Gasteiger charge is -2.08. The SMILES string of the molecule is Clc1nc2ncc(Br)cc2s1.Nc1nc2ncc(Br)cc2s1.Nc1ncc(Br)cc1I.O=C(N=C=S)c1ccccc1.O=C(NC(=S)Cc1ncc(Br)cc1I)c1ccccc1.O=C(Nc1nc2ncc(Br)cc2s1)c1ccccc1. The second-order valence-corrected chi connectivity index (χ2v) is 26.5. The Hall–Kier alpha value is -4.67. The van der Waals surface area contributed by atoms with E-state index >= 15 is 0 Å². The third-order valence-electron chi connectivity index (χ3n) is 9.39. The van der Waals surface area contributed by atoms with Gasteiger partial charge in [0.15, 0.2) is 31.7 Å². The highest BCUT2D eigenvalue weighted by Gasteiger charge is 2.12. The fourth-order valence-corrected chi connectivity index (χ4v) is 12.9. The molecule has 11 aromatic rings. The summed E-state index contributed by atoms with van der Waals surface area (Å²) in [6.45, 7) is 0. The maximum atomic E-state index is 12.0. The largest absolute Gasteiger partial charge is 0.383 e. The Balaban J connectivity index is 0.000000161. The van der Waals surface area contributed by atoms with Crippen LogP contribution in [0.5, 0.6) is 0 Å². The fraction of sp³-hybridized carbons (Fsp3) is 0.0192. The number of hydrogen-bond acceptors (Lipinski definition) is 18. The van der Waals surface area contributed by atoms with Gasteiger partial charge in [0, 0.05) is 80.0 Å². The number of anilines is 3. The molecule has 3 amide bonds. The van der Waals surface area contributed by atoms with Crippen molar-refractivity contribution in [1.29, 1.82) is 0 Å². The number of aliphatic imine (C=N–C) groups is 1. The van der Waals surface area contributed by atoms with Gasteiger partial charge in [-0.15, -0.1) is 11.3 Å². The van der Waals surface area contributed by atoms with Gasteiger partial charge in [0.05, 0.1) is 33.5 Å². The van der Waals surface area contributed by atoms with Gasteiger partial charge in [0.25, 0.3) is 17.7 Å². The van der Waals surface area contributed by atoms with E-state index < -0.39 is 0 Å². The number of nitrogen functional groups attached to an aromatic ring is 2. The number of hydrogen-bond donors (Lipinski definition) is 4. The number of pyridine rings is 5. The van der Waals surface area contributed by atoms with Gasteiger partial charge in [-0.05, 0) is 204 Å². The van der Waals surface area contributed by atoms with Crippen molar-refractivity contribution in [3.63, 3.8) is 0 Å². The molecule has 410 valence electrons. The molecule has 0 radical (unpaired) electrons. The van der Waals surface area contributed by atoms with E-state index in [9.17, 15) is 14.4 Å². The zero-order valence-electron chi connectivity index (χ0n) is 40.6. The molecule has 8 heterocycles. The molecule has 0 fully saturated rings. The number of nitrogens with two attached hydrogens (primary N) is 2. The topological polar surface area (TPSA) is 243 Å². The van der Waals surface area contributed by atoms with Crippen LogP contribution >= 0.6 is 195 Å². The lowest BCUT2D eigenvalue weighted by atomic mass is 10.2. The maximum absolute atomic E-state index is 12.0. The molecule has 0 aliphatic heterocycles. The summed E-state index contributed by atoms with van der Waals surface area (Å²) >= 11 is 40.4. The summed E-state index contributed by atoms with van der Waals surface area (Å²) in [5.41, 5.74) is 15.6. The third kappa shape index (κ3) is 22.1. The molecule has 0 saturated carbocycles. The highest BCUT2D eigenvalue weighted by Crippen LogP contribution is 2.29. The van der Waals surface area contributed by atoms with Crippen LogP contribution in [0.2, 0.25) is 4.47 Å². The molecule has 0 saturated heterocycles. The van der Waals surface area contributed by atoms with Crippen molar-refractivity contribution < 1.29 is 14.4 Å². The maximum Gasteiger partial charge on any atom is 0.285 e. The van der Waals surface area contributed by atoms with Gasteiger partial charge in [-0.2, -0.15) is 9.98 Å². The monoisotopic (exact) mass is 1730 g/mol. The number of aromatic nitrogens is 8. The standard InChI is InChI=1S/C14H10BrIN2OS.C13H8BrN3OS.C8H5NOS.C6H2BrClN2S.C6H4BrN3S.C5H4BrIN2/c15-10-6-11(16)12(17-8-10)7-13(20)18-14(19)9-4-2-1-3-5-9;14-9-6-10-11(15-7-9)16-13(19-10)17-12(18)8-4-2-1-3-5-8;10-8(9-6-11)7-4-2-1-3-5-7;2*7-3-1-4-5(9-2-3)10-6(8)11-4;6-3-1-4(7)5(8)9-2-3/h1-6,8H,7H2,(H,18,19,20);1-7H,(H,15,16,17,18);1-5H;1-2H;1-2H,(H2,8,9,10);1-2H,(H2,8,9). The normalized spacial score (nSPS) is 10.1. The van der Waals surface area contributed by atoms with Gasteiger partial charge in [-0.1, -0.05) is 101 Å². The van der Waals surface area contributed by atoms with Crippen molar-refractivity contribution >= 4 is 270 Å². The zero-order valence-corrected chi connectivity index (χ0v) is 57.7. The first-order valence-electron chi connectivity index (χ1n) is 22.3. The molecule has 8 aromatic heterocycles. The molecule has 0 aliphatic rings.